The van der Waals surface area contributed by atoms with Gasteiger partial charge in [0, 0.05) is 12.1 Å². The Morgan fingerprint density at radius 2 is 1.62 bits per heavy atom. The second-order valence-electron chi connectivity index (χ2n) is 7.16. The summed E-state index contributed by atoms with van der Waals surface area (Å²) in [4.78, 5) is 58.4. The van der Waals surface area contributed by atoms with Crippen molar-refractivity contribution in [2.24, 2.45) is 0 Å². The molecular weight excluding hydrogens is 452 g/mol. The minimum Gasteiger partial charge on any atom is -0.465 e. The summed E-state index contributed by atoms with van der Waals surface area (Å²) in [5.41, 5.74) is -2.00. The van der Waals surface area contributed by atoms with Crippen LogP contribution in [0.5, 0.6) is 0 Å². The molecule has 4 aromatic rings. The number of carbonyl (C=O) groups excluding carboxylic acids is 1. The fraction of sp³-hybridized carbons (Fsp3) is 0.200. The molecule has 2 aromatic carbocycles. The van der Waals surface area contributed by atoms with E-state index in [1.165, 1.54) is 16.7 Å². The van der Waals surface area contributed by atoms with Gasteiger partial charge >= 0.3 is 17.1 Å². The van der Waals surface area contributed by atoms with Crippen LogP contribution in [0.3, 0.4) is 0 Å². The Bertz CT molecular complexity index is 1570. The van der Waals surface area contributed by atoms with Gasteiger partial charge in [-0.15, -0.1) is 5.10 Å². The number of non-ortho nitro benzene ring substituents is 2. The predicted molar refractivity (Wildman–Crippen MR) is 117 cm³/mol. The lowest BCUT2D eigenvalue weighted by Crippen LogP contribution is -2.42. The Morgan fingerprint density at radius 1 is 1.00 bits per heavy atom. The number of rotatable bonds is 7. The molecule has 0 saturated heterocycles. The molecule has 0 aliphatic heterocycles. The van der Waals surface area contributed by atoms with Crippen LogP contribution in [0.4, 0.5) is 11.4 Å². The van der Waals surface area contributed by atoms with Crippen molar-refractivity contribution in [3.05, 3.63) is 89.0 Å². The van der Waals surface area contributed by atoms with Gasteiger partial charge < -0.3 is 9.30 Å². The Morgan fingerprint density at radius 3 is 2.21 bits per heavy atom. The number of esters is 1. The molecule has 34 heavy (non-hydrogen) atoms. The highest BCUT2D eigenvalue weighted by Gasteiger charge is 2.21. The van der Waals surface area contributed by atoms with Crippen LogP contribution in [0.15, 0.2) is 52.1 Å². The van der Waals surface area contributed by atoms with Crippen molar-refractivity contribution in [3.8, 4) is 0 Å². The molecule has 0 spiro atoms. The topological polar surface area (TPSA) is 174 Å². The summed E-state index contributed by atoms with van der Waals surface area (Å²) in [7, 11) is 0. The van der Waals surface area contributed by atoms with E-state index in [-0.39, 0.29) is 24.5 Å². The van der Waals surface area contributed by atoms with Gasteiger partial charge in [0.25, 0.3) is 11.4 Å². The van der Waals surface area contributed by atoms with Crippen LogP contribution in [0.1, 0.15) is 12.5 Å². The molecule has 14 heteroatoms. The van der Waals surface area contributed by atoms with Crippen molar-refractivity contribution in [3.63, 3.8) is 0 Å². The van der Waals surface area contributed by atoms with Crippen molar-refractivity contribution in [1.82, 2.24) is 18.7 Å². The number of nitro benzene ring substituents is 2. The van der Waals surface area contributed by atoms with Gasteiger partial charge in [0.15, 0.2) is 0 Å². The van der Waals surface area contributed by atoms with Gasteiger partial charge in [-0.25, -0.2) is 9.08 Å². The van der Waals surface area contributed by atoms with Crippen molar-refractivity contribution in [1.29, 1.82) is 0 Å². The lowest BCUT2D eigenvalue weighted by Gasteiger charge is -2.08. The highest BCUT2D eigenvalue weighted by atomic mass is 16.6. The number of hydrogen-bond acceptors (Lipinski definition) is 9. The first kappa shape index (κ1) is 22.3. The third-order valence-corrected chi connectivity index (χ3v) is 4.99. The maximum atomic E-state index is 12.9. The lowest BCUT2D eigenvalue weighted by atomic mass is 10.1. The molecule has 14 nitrogen and oxygen atoms in total. The predicted octanol–water partition coefficient (Wildman–Crippen LogP) is 1.24. The number of hydrogen-bond donors (Lipinski definition) is 0. The molecule has 0 radical (unpaired) electrons. The van der Waals surface area contributed by atoms with Crippen LogP contribution in [0.2, 0.25) is 0 Å². The molecule has 2 aromatic heterocycles. The Hall–Kier alpha value is -4.88. The Balaban J connectivity index is 1.97. The molecule has 0 aliphatic carbocycles. The van der Waals surface area contributed by atoms with Gasteiger partial charge in [-0.3, -0.25) is 34.6 Å². The van der Waals surface area contributed by atoms with Gasteiger partial charge in [0.05, 0.1) is 40.1 Å². The lowest BCUT2D eigenvalue weighted by molar-refractivity contribution is -0.394. The highest BCUT2D eigenvalue weighted by Crippen LogP contribution is 2.25. The van der Waals surface area contributed by atoms with Gasteiger partial charge in [0.1, 0.15) is 6.54 Å². The van der Waals surface area contributed by atoms with E-state index < -0.39 is 44.9 Å². The maximum absolute atomic E-state index is 12.9. The van der Waals surface area contributed by atoms with Crippen molar-refractivity contribution < 1.29 is 19.4 Å². The number of imidazole rings is 1. The number of ether oxygens (including phenoxy) is 1. The number of para-hydroxylation sites is 2. The molecule has 174 valence electrons. The first-order valence-electron chi connectivity index (χ1n) is 9.90. The van der Waals surface area contributed by atoms with Gasteiger partial charge in [-0.05, 0) is 24.6 Å². The van der Waals surface area contributed by atoms with Crippen molar-refractivity contribution in [2.45, 2.75) is 20.0 Å². The SMILES string of the molecule is CCOC(=O)Cn1nc2n(Cc3cc([N+](=O)[O-])cc([N+](=O)[O-])c3)c3ccccc3n2c(=O)c1=O. The van der Waals surface area contributed by atoms with Crippen LogP contribution in [-0.2, 0) is 22.6 Å². The first-order chi connectivity index (χ1) is 16.2. The van der Waals surface area contributed by atoms with Crippen molar-refractivity contribution in [2.75, 3.05) is 6.61 Å². The average Bonchev–Trinajstić information content (AvgIpc) is 3.10. The van der Waals surface area contributed by atoms with E-state index in [1.54, 1.807) is 31.2 Å². The molecule has 0 aliphatic rings. The zero-order valence-electron chi connectivity index (χ0n) is 17.6. The average molecular weight is 468 g/mol. The third-order valence-electron chi connectivity index (χ3n) is 4.99. The van der Waals surface area contributed by atoms with Crippen LogP contribution in [-0.4, -0.2) is 41.2 Å². The quantitative estimate of drug-likeness (QED) is 0.167. The minimum absolute atomic E-state index is 0.0377. The van der Waals surface area contributed by atoms with E-state index in [4.69, 9.17) is 4.74 Å². The van der Waals surface area contributed by atoms with Crippen LogP contribution < -0.4 is 11.1 Å². The molecule has 0 amide bonds. The van der Waals surface area contributed by atoms with E-state index in [2.05, 4.69) is 5.10 Å². The Kier molecular flexibility index (Phi) is 5.63. The monoisotopic (exact) mass is 468 g/mol. The van der Waals surface area contributed by atoms with E-state index in [0.29, 0.717) is 15.7 Å². The fourth-order valence-corrected chi connectivity index (χ4v) is 3.61. The number of nitrogens with zero attached hydrogens (tertiary/aromatic N) is 6. The van der Waals surface area contributed by atoms with E-state index in [9.17, 15) is 34.6 Å². The summed E-state index contributed by atoms with van der Waals surface area (Å²) in [6.45, 7) is 0.911. The van der Waals surface area contributed by atoms with Crippen molar-refractivity contribution >= 4 is 34.2 Å². The van der Waals surface area contributed by atoms with Crippen LogP contribution >= 0.6 is 0 Å². The molecule has 0 unspecified atom stereocenters. The number of benzene rings is 2. The number of carbonyl (C=O) groups is 1. The van der Waals surface area contributed by atoms with Crippen LogP contribution in [0, 0.1) is 20.2 Å². The standard InChI is InChI=1S/C20H16N6O8/c1-2-34-17(27)11-23-18(28)19(29)24-16-6-4-3-5-15(16)22(20(24)21-23)10-12-7-13(25(30)31)9-14(8-12)26(32)33/h3-9H,2,10-11H2,1H3. The second kappa shape index (κ2) is 8.57. The highest BCUT2D eigenvalue weighted by molar-refractivity contribution is 5.80. The molecular formula is C20H16N6O8. The molecule has 0 fully saturated rings. The van der Waals surface area contributed by atoms with E-state index in [0.717, 1.165) is 10.5 Å². The third kappa shape index (κ3) is 3.87. The number of nitro groups is 2. The summed E-state index contributed by atoms with van der Waals surface area (Å²) in [6, 6.07) is 9.71. The number of fused-ring (bicyclic) bond motifs is 3. The molecule has 0 atom stereocenters. The summed E-state index contributed by atoms with van der Waals surface area (Å²) < 4.78 is 8.04. The maximum Gasteiger partial charge on any atom is 0.333 e. The normalized spacial score (nSPS) is 11.1. The molecule has 2 heterocycles. The molecule has 0 bridgehead atoms. The smallest absolute Gasteiger partial charge is 0.333 e. The van der Waals surface area contributed by atoms with E-state index >= 15 is 0 Å². The largest absolute Gasteiger partial charge is 0.465 e. The first-order valence-corrected chi connectivity index (χ1v) is 9.90. The summed E-state index contributed by atoms with van der Waals surface area (Å²) in [6.07, 6.45) is 0. The fourth-order valence-electron chi connectivity index (χ4n) is 3.61. The summed E-state index contributed by atoms with van der Waals surface area (Å²) >= 11 is 0. The second-order valence-corrected chi connectivity index (χ2v) is 7.16. The van der Waals surface area contributed by atoms with Gasteiger partial charge in [0.2, 0.25) is 5.78 Å². The molecule has 0 saturated carbocycles. The van der Waals surface area contributed by atoms with Gasteiger partial charge in [-0.1, -0.05) is 12.1 Å². The molecule has 4 rings (SSSR count). The zero-order valence-corrected chi connectivity index (χ0v) is 17.6. The van der Waals surface area contributed by atoms with Crippen LogP contribution in [0.25, 0.3) is 16.8 Å². The molecule has 0 N–H and O–H groups in total. The minimum atomic E-state index is -1.04. The summed E-state index contributed by atoms with van der Waals surface area (Å²) in [5, 5.41) is 26.7. The Labute approximate surface area is 188 Å². The zero-order chi connectivity index (χ0) is 24.6. The van der Waals surface area contributed by atoms with Gasteiger partial charge in [-0.2, -0.15) is 0 Å². The number of aromatic nitrogens is 4. The van der Waals surface area contributed by atoms with E-state index in [1.807, 2.05) is 0 Å². The summed E-state index contributed by atoms with van der Waals surface area (Å²) in [5.74, 6) is -0.804.